The molecule has 9 nitrogen and oxygen atoms in total. The summed E-state index contributed by atoms with van der Waals surface area (Å²) in [5, 5.41) is 1.04. The molecule has 3 unspecified atom stereocenters. The van der Waals surface area contributed by atoms with Crippen LogP contribution in [0, 0.1) is 12.8 Å². The third-order valence-electron chi connectivity index (χ3n) is 7.77. The van der Waals surface area contributed by atoms with E-state index in [1.807, 2.05) is 38.2 Å². The number of hydrogen-bond donors (Lipinski definition) is 0. The van der Waals surface area contributed by atoms with Gasteiger partial charge in [-0.3, -0.25) is 14.7 Å². The summed E-state index contributed by atoms with van der Waals surface area (Å²) in [4.78, 5) is 41.8. The van der Waals surface area contributed by atoms with Crippen molar-refractivity contribution in [3.05, 3.63) is 35.8 Å². The lowest BCUT2D eigenvalue weighted by molar-refractivity contribution is -0.136. The molecule has 4 aliphatic heterocycles. The van der Waals surface area contributed by atoms with E-state index in [-0.39, 0.29) is 18.1 Å². The molecule has 2 fully saturated rings. The molecule has 2 aromatic rings. The Morgan fingerprint density at radius 1 is 1.06 bits per heavy atom. The van der Waals surface area contributed by atoms with E-state index in [1.165, 1.54) is 25.7 Å². The van der Waals surface area contributed by atoms with Gasteiger partial charge in [0.2, 0.25) is 5.96 Å². The number of guanidine groups is 2. The fourth-order valence-corrected chi connectivity index (χ4v) is 6.01. The predicted molar refractivity (Wildman–Crippen MR) is 136 cm³/mol. The fourth-order valence-electron chi connectivity index (χ4n) is 6.01. The van der Waals surface area contributed by atoms with Gasteiger partial charge in [0.1, 0.15) is 5.82 Å². The first-order chi connectivity index (χ1) is 17.0. The zero-order valence-corrected chi connectivity index (χ0v) is 20.9. The Bertz CT molecular complexity index is 1210. The molecule has 9 heteroatoms. The SMILES string of the molecule is Cc1nc(CN2C(=O)C3C(N=C(N4CCCCCC(C)C4)N3C)N3CCN=C23)nc2ccccc12. The second-order valence-corrected chi connectivity index (χ2v) is 10.3. The van der Waals surface area contributed by atoms with Gasteiger partial charge in [0.05, 0.1) is 18.6 Å². The topological polar surface area (TPSA) is 80.5 Å². The van der Waals surface area contributed by atoms with E-state index in [1.54, 1.807) is 4.90 Å². The van der Waals surface area contributed by atoms with E-state index in [2.05, 4.69) is 21.6 Å². The molecule has 35 heavy (non-hydrogen) atoms. The van der Waals surface area contributed by atoms with Crippen molar-refractivity contribution < 1.29 is 4.79 Å². The number of hydrogen-bond acceptors (Lipinski definition) is 8. The second kappa shape index (κ2) is 8.77. The summed E-state index contributed by atoms with van der Waals surface area (Å²) in [5.74, 6) is 2.96. The van der Waals surface area contributed by atoms with Crippen molar-refractivity contribution in [2.24, 2.45) is 15.9 Å². The van der Waals surface area contributed by atoms with Gasteiger partial charge < -0.3 is 14.7 Å². The lowest BCUT2D eigenvalue weighted by Crippen LogP contribution is -2.65. The molecule has 0 N–H and O–H groups in total. The number of aliphatic imine (C=N–C) groups is 2. The Kier molecular flexibility index (Phi) is 5.57. The highest BCUT2D eigenvalue weighted by molar-refractivity contribution is 6.06. The lowest BCUT2D eigenvalue weighted by Gasteiger charge is -2.42. The van der Waals surface area contributed by atoms with Gasteiger partial charge in [0.15, 0.2) is 18.2 Å². The minimum absolute atomic E-state index is 0.0302. The van der Waals surface area contributed by atoms with Crippen LogP contribution in [0.3, 0.4) is 0 Å². The van der Waals surface area contributed by atoms with E-state index < -0.39 is 0 Å². The molecule has 4 aliphatic rings. The first-order valence-electron chi connectivity index (χ1n) is 12.9. The van der Waals surface area contributed by atoms with Crippen LogP contribution in [0.5, 0.6) is 0 Å². The minimum Gasteiger partial charge on any atom is -0.342 e. The van der Waals surface area contributed by atoms with Gasteiger partial charge in [-0.15, -0.1) is 0 Å². The highest BCUT2D eigenvalue weighted by atomic mass is 16.2. The highest BCUT2D eigenvalue weighted by Crippen LogP contribution is 2.32. The van der Waals surface area contributed by atoms with E-state index in [9.17, 15) is 4.79 Å². The standard InChI is InChI=1S/C26H34N8O/c1-17-9-5-4-8-13-32(15-17)26-30-23-22(31(26)3)24(35)34(25-27-12-14-33(23)25)16-21-28-18(2)19-10-6-7-11-20(19)29-21/h6-7,10-11,17,22-23H,4-5,8-9,12-16H2,1-3H3. The molecule has 0 spiro atoms. The quantitative estimate of drug-likeness (QED) is 0.665. The number of nitrogens with zero attached hydrogens (tertiary/aromatic N) is 8. The number of benzene rings is 1. The molecule has 0 aliphatic carbocycles. The van der Waals surface area contributed by atoms with E-state index >= 15 is 0 Å². The van der Waals surface area contributed by atoms with Gasteiger partial charge in [-0.25, -0.2) is 15.0 Å². The van der Waals surface area contributed by atoms with Crippen molar-refractivity contribution >= 4 is 28.7 Å². The van der Waals surface area contributed by atoms with Crippen LogP contribution in [-0.2, 0) is 11.3 Å². The molecule has 2 saturated heterocycles. The van der Waals surface area contributed by atoms with Crippen molar-refractivity contribution in [3.8, 4) is 0 Å². The molecule has 3 atom stereocenters. The van der Waals surface area contributed by atoms with Crippen LogP contribution in [0.15, 0.2) is 34.3 Å². The number of para-hydroxylation sites is 1. The molecular formula is C26H34N8O. The number of likely N-dealkylation sites (tertiary alicyclic amines) is 1. The van der Waals surface area contributed by atoms with Gasteiger partial charge in [-0.05, 0) is 31.7 Å². The molecule has 1 aromatic carbocycles. The molecule has 0 radical (unpaired) electrons. The summed E-state index contributed by atoms with van der Waals surface area (Å²) >= 11 is 0. The monoisotopic (exact) mass is 474 g/mol. The number of fused-ring (bicyclic) bond motifs is 4. The summed E-state index contributed by atoms with van der Waals surface area (Å²) < 4.78 is 0. The van der Waals surface area contributed by atoms with Crippen LogP contribution in [0.2, 0.25) is 0 Å². The number of aryl methyl sites for hydroxylation is 1. The second-order valence-electron chi connectivity index (χ2n) is 10.3. The van der Waals surface area contributed by atoms with Crippen molar-refractivity contribution in [3.63, 3.8) is 0 Å². The third kappa shape index (κ3) is 3.81. The number of aromatic nitrogens is 2. The number of rotatable bonds is 2. The molecule has 1 amide bonds. The Labute approximate surface area is 206 Å². The summed E-state index contributed by atoms with van der Waals surface area (Å²) in [5.41, 5.74) is 1.82. The smallest absolute Gasteiger partial charge is 0.256 e. The molecule has 5 heterocycles. The number of likely N-dealkylation sites (N-methyl/N-ethyl adjacent to an activating group) is 1. The van der Waals surface area contributed by atoms with Crippen molar-refractivity contribution in [1.82, 2.24) is 29.6 Å². The van der Waals surface area contributed by atoms with E-state index in [0.29, 0.717) is 30.8 Å². The van der Waals surface area contributed by atoms with Crippen LogP contribution in [0.25, 0.3) is 10.9 Å². The Hall–Kier alpha value is -3.23. The summed E-state index contributed by atoms with van der Waals surface area (Å²) in [6.45, 7) is 8.07. The highest BCUT2D eigenvalue weighted by Gasteiger charge is 2.53. The number of carbonyl (C=O) groups excluding carboxylic acids is 1. The van der Waals surface area contributed by atoms with Crippen LogP contribution in [0.1, 0.15) is 44.1 Å². The Balaban J connectivity index is 1.30. The fraction of sp³-hybridized carbons (Fsp3) is 0.577. The minimum atomic E-state index is -0.357. The van der Waals surface area contributed by atoms with Crippen LogP contribution >= 0.6 is 0 Å². The summed E-state index contributed by atoms with van der Waals surface area (Å²) in [6, 6.07) is 7.65. The van der Waals surface area contributed by atoms with Crippen molar-refractivity contribution in [2.45, 2.75) is 58.3 Å². The first-order valence-corrected chi connectivity index (χ1v) is 12.9. The van der Waals surface area contributed by atoms with Gasteiger partial charge in [0, 0.05) is 37.8 Å². The zero-order valence-electron chi connectivity index (χ0n) is 20.9. The van der Waals surface area contributed by atoms with E-state index in [4.69, 9.17) is 20.0 Å². The van der Waals surface area contributed by atoms with Crippen molar-refractivity contribution in [2.75, 3.05) is 33.2 Å². The first kappa shape index (κ1) is 22.2. The third-order valence-corrected chi connectivity index (χ3v) is 7.77. The van der Waals surface area contributed by atoms with Gasteiger partial charge in [-0.2, -0.15) is 0 Å². The van der Waals surface area contributed by atoms with E-state index in [0.717, 1.165) is 42.2 Å². The largest absolute Gasteiger partial charge is 0.342 e. The average Bonchev–Trinajstić information content (AvgIpc) is 3.44. The maximum atomic E-state index is 14.0. The molecule has 0 bridgehead atoms. The van der Waals surface area contributed by atoms with Gasteiger partial charge in [0.25, 0.3) is 5.91 Å². The number of amides is 1. The van der Waals surface area contributed by atoms with Crippen LogP contribution in [0.4, 0.5) is 0 Å². The zero-order chi connectivity index (χ0) is 24.1. The lowest BCUT2D eigenvalue weighted by atomic mass is 10.00. The summed E-state index contributed by atoms with van der Waals surface area (Å²) in [6.07, 6.45) is 4.76. The summed E-state index contributed by atoms with van der Waals surface area (Å²) in [7, 11) is 2.03. The molecule has 184 valence electrons. The molecule has 0 saturated carbocycles. The molecule has 6 rings (SSSR count). The van der Waals surface area contributed by atoms with Gasteiger partial charge in [-0.1, -0.05) is 38.0 Å². The maximum absolute atomic E-state index is 14.0. The molecular weight excluding hydrogens is 440 g/mol. The number of carbonyl (C=O) groups is 1. The Morgan fingerprint density at radius 2 is 1.91 bits per heavy atom. The average molecular weight is 475 g/mol. The maximum Gasteiger partial charge on any atom is 0.256 e. The predicted octanol–water partition coefficient (Wildman–Crippen LogP) is 2.46. The van der Waals surface area contributed by atoms with Crippen LogP contribution in [-0.4, -0.2) is 92.8 Å². The van der Waals surface area contributed by atoms with Gasteiger partial charge >= 0.3 is 0 Å². The Morgan fingerprint density at radius 3 is 2.80 bits per heavy atom. The van der Waals surface area contributed by atoms with Crippen molar-refractivity contribution in [1.29, 1.82) is 0 Å². The molecule has 1 aromatic heterocycles. The van der Waals surface area contributed by atoms with Crippen LogP contribution < -0.4 is 0 Å². The normalized spacial score (nSPS) is 26.9.